The van der Waals surface area contributed by atoms with Gasteiger partial charge in [0, 0.05) is 19.3 Å². The van der Waals surface area contributed by atoms with Crippen LogP contribution in [0.2, 0.25) is 0 Å². The first-order chi connectivity index (χ1) is 7.72. The molecule has 0 aliphatic carbocycles. The molecule has 16 heavy (non-hydrogen) atoms. The van der Waals surface area contributed by atoms with Gasteiger partial charge in [-0.15, -0.1) is 0 Å². The van der Waals surface area contributed by atoms with E-state index < -0.39 is 0 Å². The van der Waals surface area contributed by atoms with Crippen LogP contribution in [0, 0.1) is 0 Å². The summed E-state index contributed by atoms with van der Waals surface area (Å²) in [5.74, 6) is 0. The Morgan fingerprint density at radius 2 is 2.25 bits per heavy atom. The molecular formula is C12H24N4. The van der Waals surface area contributed by atoms with Gasteiger partial charge in [-0.2, -0.15) is 0 Å². The van der Waals surface area contributed by atoms with Crippen molar-refractivity contribution in [2.75, 3.05) is 27.2 Å². The number of hydrogen-bond donors (Lipinski definition) is 1. The maximum atomic E-state index is 4.37. The molecule has 0 aromatic carbocycles. The van der Waals surface area contributed by atoms with E-state index in [1.54, 1.807) is 0 Å². The van der Waals surface area contributed by atoms with Gasteiger partial charge in [0.1, 0.15) is 0 Å². The summed E-state index contributed by atoms with van der Waals surface area (Å²) >= 11 is 0. The standard InChI is InChI=1S/C12H24N4/c1-4-6-13-9-12-10-16(11-14-12)8-5-7-15(2)3/h10-11,13H,4-9H2,1-3H3. The van der Waals surface area contributed by atoms with Gasteiger partial charge in [-0.1, -0.05) is 6.92 Å². The largest absolute Gasteiger partial charge is 0.337 e. The highest BCUT2D eigenvalue weighted by molar-refractivity contribution is 4.95. The average Bonchev–Trinajstić information content (AvgIpc) is 2.66. The molecular weight excluding hydrogens is 200 g/mol. The van der Waals surface area contributed by atoms with Crippen molar-refractivity contribution in [2.24, 2.45) is 0 Å². The highest BCUT2D eigenvalue weighted by atomic mass is 15.1. The number of nitrogens with one attached hydrogen (secondary N) is 1. The molecule has 0 amide bonds. The molecule has 0 bridgehead atoms. The van der Waals surface area contributed by atoms with Crippen molar-refractivity contribution >= 4 is 0 Å². The Labute approximate surface area is 98.7 Å². The normalized spacial score (nSPS) is 11.2. The molecule has 0 aliphatic rings. The van der Waals surface area contributed by atoms with Crippen molar-refractivity contribution < 1.29 is 0 Å². The second-order valence-corrected chi connectivity index (χ2v) is 4.44. The minimum Gasteiger partial charge on any atom is -0.337 e. The summed E-state index contributed by atoms with van der Waals surface area (Å²) in [6.07, 6.45) is 6.41. The van der Waals surface area contributed by atoms with Crippen LogP contribution in [0.5, 0.6) is 0 Å². The molecule has 0 unspecified atom stereocenters. The van der Waals surface area contributed by atoms with Crippen LogP contribution >= 0.6 is 0 Å². The van der Waals surface area contributed by atoms with Crippen molar-refractivity contribution in [3.05, 3.63) is 18.2 Å². The van der Waals surface area contributed by atoms with E-state index in [2.05, 4.69) is 47.0 Å². The third kappa shape index (κ3) is 5.28. The predicted octanol–water partition coefficient (Wildman–Crippen LogP) is 1.33. The zero-order chi connectivity index (χ0) is 11.8. The lowest BCUT2D eigenvalue weighted by Crippen LogP contribution is -2.15. The van der Waals surface area contributed by atoms with Gasteiger partial charge in [0.15, 0.2) is 0 Å². The molecule has 1 heterocycles. The van der Waals surface area contributed by atoms with E-state index in [1.165, 1.54) is 12.8 Å². The Hall–Kier alpha value is -0.870. The molecule has 1 rings (SSSR count). The lowest BCUT2D eigenvalue weighted by atomic mass is 10.4. The van der Waals surface area contributed by atoms with Gasteiger partial charge in [-0.05, 0) is 40.0 Å². The molecule has 0 aliphatic heterocycles. The molecule has 0 spiro atoms. The number of hydrogen-bond acceptors (Lipinski definition) is 3. The first kappa shape index (κ1) is 13.2. The van der Waals surface area contributed by atoms with Crippen molar-refractivity contribution in [1.29, 1.82) is 0 Å². The molecule has 1 N–H and O–H groups in total. The zero-order valence-corrected chi connectivity index (χ0v) is 10.7. The molecule has 1 aromatic heterocycles. The van der Waals surface area contributed by atoms with Gasteiger partial charge in [0.25, 0.3) is 0 Å². The Bertz CT molecular complexity index is 280. The second-order valence-electron chi connectivity index (χ2n) is 4.44. The molecule has 0 saturated heterocycles. The maximum absolute atomic E-state index is 4.37. The van der Waals surface area contributed by atoms with Crippen LogP contribution in [0.15, 0.2) is 12.5 Å². The van der Waals surface area contributed by atoms with Crippen molar-refractivity contribution in [1.82, 2.24) is 19.8 Å². The molecule has 0 atom stereocenters. The summed E-state index contributed by atoms with van der Waals surface area (Å²) in [4.78, 5) is 6.58. The molecule has 4 nitrogen and oxygen atoms in total. The quantitative estimate of drug-likeness (QED) is 0.676. The zero-order valence-electron chi connectivity index (χ0n) is 10.7. The fourth-order valence-electron chi connectivity index (χ4n) is 1.58. The van der Waals surface area contributed by atoms with Crippen LogP contribution < -0.4 is 5.32 Å². The highest BCUT2D eigenvalue weighted by Crippen LogP contribution is 1.98. The van der Waals surface area contributed by atoms with Gasteiger partial charge < -0.3 is 14.8 Å². The molecule has 0 radical (unpaired) electrons. The first-order valence-electron chi connectivity index (χ1n) is 6.08. The highest BCUT2D eigenvalue weighted by Gasteiger charge is 1.98. The van der Waals surface area contributed by atoms with E-state index in [1.807, 2.05) is 6.33 Å². The van der Waals surface area contributed by atoms with Crippen LogP contribution in [-0.4, -0.2) is 41.6 Å². The van der Waals surface area contributed by atoms with Gasteiger partial charge >= 0.3 is 0 Å². The van der Waals surface area contributed by atoms with Crippen LogP contribution in [0.4, 0.5) is 0 Å². The van der Waals surface area contributed by atoms with Crippen LogP contribution in [0.25, 0.3) is 0 Å². The molecule has 92 valence electrons. The predicted molar refractivity (Wildman–Crippen MR) is 67.4 cm³/mol. The average molecular weight is 224 g/mol. The topological polar surface area (TPSA) is 33.1 Å². The minimum absolute atomic E-state index is 0.883. The van der Waals surface area contributed by atoms with E-state index >= 15 is 0 Å². The third-order valence-electron chi connectivity index (χ3n) is 2.44. The molecule has 0 saturated carbocycles. The Morgan fingerprint density at radius 1 is 1.44 bits per heavy atom. The van der Waals surface area contributed by atoms with E-state index in [0.29, 0.717) is 0 Å². The number of imidazole rings is 1. The van der Waals surface area contributed by atoms with Gasteiger partial charge in [0.2, 0.25) is 0 Å². The molecule has 1 aromatic rings. The number of rotatable bonds is 8. The Kier molecular flexibility index (Phi) is 6.11. The lowest BCUT2D eigenvalue weighted by molar-refractivity contribution is 0.386. The van der Waals surface area contributed by atoms with Gasteiger partial charge in [-0.3, -0.25) is 0 Å². The number of aromatic nitrogens is 2. The van der Waals surface area contributed by atoms with E-state index in [0.717, 1.165) is 31.9 Å². The number of aryl methyl sites for hydroxylation is 1. The summed E-state index contributed by atoms with van der Waals surface area (Å²) in [5, 5.41) is 3.35. The molecule has 0 fully saturated rings. The van der Waals surface area contributed by atoms with Crippen LogP contribution in [-0.2, 0) is 13.1 Å². The fraction of sp³-hybridized carbons (Fsp3) is 0.750. The summed E-state index contributed by atoms with van der Waals surface area (Å²) in [6, 6.07) is 0. The summed E-state index contributed by atoms with van der Waals surface area (Å²) in [5.41, 5.74) is 1.14. The molecule has 4 heteroatoms. The fourth-order valence-corrected chi connectivity index (χ4v) is 1.58. The second kappa shape index (κ2) is 7.41. The minimum atomic E-state index is 0.883. The van der Waals surface area contributed by atoms with Crippen molar-refractivity contribution in [2.45, 2.75) is 32.9 Å². The lowest BCUT2D eigenvalue weighted by Gasteiger charge is -2.08. The maximum Gasteiger partial charge on any atom is 0.0949 e. The SMILES string of the molecule is CCCNCc1cn(CCCN(C)C)cn1. The smallest absolute Gasteiger partial charge is 0.0949 e. The van der Waals surface area contributed by atoms with Crippen molar-refractivity contribution in [3.63, 3.8) is 0 Å². The van der Waals surface area contributed by atoms with E-state index in [9.17, 15) is 0 Å². The summed E-state index contributed by atoms with van der Waals surface area (Å²) in [6.45, 7) is 6.30. The van der Waals surface area contributed by atoms with Crippen LogP contribution in [0.3, 0.4) is 0 Å². The summed E-state index contributed by atoms with van der Waals surface area (Å²) in [7, 11) is 4.21. The van der Waals surface area contributed by atoms with E-state index in [-0.39, 0.29) is 0 Å². The Morgan fingerprint density at radius 3 is 2.94 bits per heavy atom. The van der Waals surface area contributed by atoms with Gasteiger partial charge in [0.05, 0.1) is 12.0 Å². The number of nitrogens with zero attached hydrogens (tertiary/aromatic N) is 3. The monoisotopic (exact) mass is 224 g/mol. The third-order valence-corrected chi connectivity index (χ3v) is 2.44. The van der Waals surface area contributed by atoms with Gasteiger partial charge in [-0.25, -0.2) is 4.98 Å². The van der Waals surface area contributed by atoms with Crippen LogP contribution in [0.1, 0.15) is 25.5 Å². The Balaban J connectivity index is 2.22. The first-order valence-corrected chi connectivity index (χ1v) is 6.08. The van der Waals surface area contributed by atoms with E-state index in [4.69, 9.17) is 0 Å². The summed E-state index contributed by atoms with van der Waals surface area (Å²) < 4.78 is 2.17. The van der Waals surface area contributed by atoms with Crippen molar-refractivity contribution in [3.8, 4) is 0 Å².